The highest BCUT2D eigenvalue weighted by atomic mass is 35.5. The van der Waals surface area contributed by atoms with Gasteiger partial charge in [0.1, 0.15) is 11.2 Å². The summed E-state index contributed by atoms with van der Waals surface area (Å²) in [4.78, 5) is 13.4. The molecule has 1 fully saturated rings. The third-order valence-electron chi connectivity index (χ3n) is 5.33. The van der Waals surface area contributed by atoms with E-state index in [1.807, 2.05) is 6.33 Å². The lowest BCUT2D eigenvalue weighted by atomic mass is 9.83. The first-order valence-corrected chi connectivity index (χ1v) is 9.43. The minimum atomic E-state index is 0.251. The molecule has 25 heavy (non-hydrogen) atoms. The minimum Gasteiger partial charge on any atom is -0.327 e. The van der Waals surface area contributed by atoms with Crippen LogP contribution in [0.3, 0.4) is 0 Å². The van der Waals surface area contributed by atoms with E-state index in [1.54, 1.807) is 0 Å². The summed E-state index contributed by atoms with van der Waals surface area (Å²) < 4.78 is 2.23. The Hall–Kier alpha value is -1.94. The molecular weight excluding hydrogens is 332 g/mol. The molecule has 5 heteroatoms. The molecule has 2 heterocycles. The van der Waals surface area contributed by atoms with Gasteiger partial charge in [-0.2, -0.15) is 4.98 Å². The lowest BCUT2D eigenvalue weighted by molar-refractivity contribution is 0.266. The van der Waals surface area contributed by atoms with E-state index in [9.17, 15) is 0 Å². The van der Waals surface area contributed by atoms with Crippen molar-refractivity contribution in [3.05, 3.63) is 41.4 Å². The van der Waals surface area contributed by atoms with E-state index in [4.69, 9.17) is 11.6 Å². The Balaban J connectivity index is 1.76. The largest absolute Gasteiger partial charge is 0.327 e. The fourth-order valence-electron chi connectivity index (χ4n) is 3.87. The second-order valence-electron chi connectivity index (χ2n) is 7.41. The van der Waals surface area contributed by atoms with Crippen molar-refractivity contribution in [2.24, 2.45) is 11.8 Å². The molecule has 1 saturated carbocycles. The first kappa shape index (κ1) is 16.5. The number of hydrogen-bond acceptors (Lipinski definition) is 3. The molecule has 0 atom stereocenters. The van der Waals surface area contributed by atoms with Gasteiger partial charge in [0.15, 0.2) is 5.65 Å². The molecule has 1 aliphatic rings. The minimum absolute atomic E-state index is 0.251. The van der Waals surface area contributed by atoms with Crippen molar-refractivity contribution in [3.8, 4) is 11.3 Å². The summed E-state index contributed by atoms with van der Waals surface area (Å²) >= 11 is 6.16. The third kappa shape index (κ3) is 3.40. The fourth-order valence-corrected chi connectivity index (χ4v) is 4.04. The second kappa shape index (κ2) is 6.75. The zero-order valence-electron chi connectivity index (χ0n) is 14.7. The quantitative estimate of drug-likeness (QED) is 0.601. The molecule has 0 saturated heterocycles. The van der Waals surface area contributed by atoms with Gasteiger partial charge in [0.05, 0.1) is 6.33 Å². The van der Waals surface area contributed by atoms with Crippen molar-refractivity contribution in [3.63, 3.8) is 0 Å². The van der Waals surface area contributed by atoms with Crippen LogP contribution >= 0.6 is 11.6 Å². The van der Waals surface area contributed by atoms with Crippen LogP contribution in [0, 0.1) is 18.8 Å². The molecular formula is C20H23ClN4. The summed E-state index contributed by atoms with van der Waals surface area (Å²) in [5.41, 5.74) is 4.82. The van der Waals surface area contributed by atoms with Gasteiger partial charge in [-0.3, -0.25) is 0 Å². The number of rotatable bonds is 3. The van der Waals surface area contributed by atoms with Crippen LogP contribution < -0.4 is 0 Å². The number of halogens is 1. The topological polar surface area (TPSA) is 43.6 Å². The third-order valence-corrected chi connectivity index (χ3v) is 5.50. The van der Waals surface area contributed by atoms with Crippen LogP contribution in [0.2, 0.25) is 5.28 Å². The fraction of sp³-hybridized carbons (Fsp3) is 0.450. The van der Waals surface area contributed by atoms with E-state index in [0.29, 0.717) is 11.6 Å². The Bertz CT molecular complexity index is 894. The number of imidazole rings is 1. The van der Waals surface area contributed by atoms with Crippen LogP contribution in [0.15, 0.2) is 30.6 Å². The standard InChI is InChI=1S/C20H23ClN4/c1-13-6-8-15(9-7-13)11-25-12-22-19-18(25)17(23-20(21)24-19)16-5-3-4-14(2)10-16/h3-5,10,12-13,15H,6-9,11H2,1-2H3/t13-,15-. The van der Waals surface area contributed by atoms with Crippen molar-refractivity contribution in [2.75, 3.05) is 0 Å². The molecule has 4 nitrogen and oxygen atoms in total. The average molecular weight is 355 g/mol. The summed E-state index contributed by atoms with van der Waals surface area (Å²) in [6.45, 7) is 5.42. The molecule has 2 aromatic heterocycles. The zero-order valence-corrected chi connectivity index (χ0v) is 15.5. The number of fused-ring (bicyclic) bond motifs is 1. The molecule has 4 rings (SSSR count). The molecule has 0 bridgehead atoms. The van der Waals surface area contributed by atoms with E-state index in [-0.39, 0.29) is 5.28 Å². The number of hydrogen-bond donors (Lipinski definition) is 0. The zero-order chi connectivity index (χ0) is 17.4. The Morgan fingerprint density at radius 1 is 1.16 bits per heavy atom. The number of aromatic nitrogens is 4. The van der Waals surface area contributed by atoms with Gasteiger partial charge in [-0.15, -0.1) is 0 Å². The monoisotopic (exact) mass is 354 g/mol. The molecule has 3 aromatic rings. The molecule has 0 aliphatic heterocycles. The van der Waals surface area contributed by atoms with Crippen molar-refractivity contribution < 1.29 is 0 Å². The molecule has 0 radical (unpaired) electrons. The van der Waals surface area contributed by atoms with Gasteiger partial charge in [-0.25, -0.2) is 9.97 Å². The Morgan fingerprint density at radius 3 is 2.72 bits per heavy atom. The predicted octanol–water partition coefficient (Wildman–Crippen LogP) is 5.28. The smallest absolute Gasteiger partial charge is 0.225 e. The maximum absolute atomic E-state index is 6.16. The van der Waals surface area contributed by atoms with Gasteiger partial charge in [0.2, 0.25) is 5.28 Å². The van der Waals surface area contributed by atoms with Gasteiger partial charge in [0.25, 0.3) is 0 Å². The van der Waals surface area contributed by atoms with Gasteiger partial charge >= 0.3 is 0 Å². The van der Waals surface area contributed by atoms with Gasteiger partial charge in [-0.05, 0) is 49.3 Å². The van der Waals surface area contributed by atoms with Crippen LogP contribution in [0.25, 0.3) is 22.4 Å². The summed E-state index contributed by atoms with van der Waals surface area (Å²) in [7, 11) is 0. The van der Waals surface area contributed by atoms with Crippen LogP contribution in [0.4, 0.5) is 0 Å². The molecule has 1 aromatic carbocycles. The number of benzene rings is 1. The van der Waals surface area contributed by atoms with Gasteiger partial charge in [-0.1, -0.05) is 43.5 Å². The predicted molar refractivity (Wildman–Crippen MR) is 102 cm³/mol. The number of nitrogens with zero attached hydrogens (tertiary/aromatic N) is 4. The van der Waals surface area contributed by atoms with Crippen LogP contribution in [-0.2, 0) is 6.54 Å². The summed E-state index contributed by atoms with van der Waals surface area (Å²) in [5.74, 6) is 1.57. The van der Waals surface area contributed by atoms with E-state index in [1.165, 1.54) is 31.2 Å². The SMILES string of the molecule is Cc1cccc(-c2nc(Cl)nc3ncn(C[C@H]4CC[C@H](C)CC4)c23)c1. The van der Waals surface area contributed by atoms with Crippen molar-refractivity contribution in [1.29, 1.82) is 0 Å². The van der Waals surface area contributed by atoms with E-state index in [0.717, 1.165) is 29.2 Å². The van der Waals surface area contributed by atoms with E-state index >= 15 is 0 Å². The second-order valence-corrected chi connectivity index (χ2v) is 7.74. The van der Waals surface area contributed by atoms with Crippen LogP contribution in [0.5, 0.6) is 0 Å². The van der Waals surface area contributed by atoms with Crippen molar-refractivity contribution in [2.45, 2.75) is 46.1 Å². The highest BCUT2D eigenvalue weighted by molar-refractivity contribution is 6.28. The summed E-state index contributed by atoms with van der Waals surface area (Å²) in [6, 6.07) is 8.35. The molecule has 130 valence electrons. The molecule has 1 aliphatic carbocycles. The van der Waals surface area contributed by atoms with Crippen molar-refractivity contribution in [1.82, 2.24) is 19.5 Å². The maximum Gasteiger partial charge on any atom is 0.225 e. The van der Waals surface area contributed by atoms with Crippen LogP contribution in [-0.4, -0.2) is 19.5 Å². The lowest BCUT2D eigenvalue weighted by Crippen LogP contribution is -2.17. The molecule has 0 unspecified atom stereocenters. The Kier molecular flexibility index (Phi) is 4.46. The Labute approximate surface area is 153 Å². The molecule has 0 spiro atoms. The van der Waals surface area contributed by atoms with E-state index < -0.39 is 0 Å². The van der Waals surface area contributed by atoms with Gasteiger partial charge in [0, 0.05) is 12.1 Å². The summed E-state index contributed by atoms with van der Waals surface area (Å²) in [6.07, 6.45) is 7.12. The molecule has 0 amide bonds. The van der Waals surface area contributed by atoms with Crippen LogP contribution in [0.1, 0.15) is 38.2 Å². The van der Waals surface area contributed by atoms with Crippen molar-refractivity contribution >= 4 is 22.8 Å². The maximum atomic E-state index is 6.16. The average Bonchev–Trinajstić information content (AvgIpc) is 2.99. The van der Waals surface area contributed by atoms with Gasteiger partial charge < -0.3 is 4.57 Å². The molecule has 0 N–H and O–H groups in total. The van der Waals surface area contributed by atoms with E-state index in [2.05, 4.69) is 57.6 Å². The number of aryl methyl sites for hydroxylation is 1. The first-order chi connectivity index (χ1) is 12.1. The normalized spacial score (nSPS) is 20.9. The lowest BCUT2D eigenvalue weighted by Gasteiger charge is -2.26. The summed E-state index contributed by atoms with van der Waals surface area (Å²) in [5, 5.41) is 0.251. The first-order valence-electron chi connectivity index (χ1n) is 9.05. The Morgan fingerprint density at radius 2 is 1.96 bits per heavy atom. The highest BCUT2D eigenvalue weighted by Crippen LogP contribution is 2.32. The highest BCUT2D eigenvalue weighted by Gasteiger charge is 2.21.